The molecule has 0 unspecified atom stereocenters. The largest absolute Gasteiger partial charge is 0.497 e. The lowest BCUT2D eigenvalue weighted by Gasteiger charge is -2.09. The zero-order chi connectivity index (χ0) is 16.2. The molecule has 7 nitrogen and oxygen atoms in total. The molecule has 0 aliphatic heterocycles. The molecule has 0 saturated heterocycles. The van der Waals surface area contributed by atoms with Gasteiger partial charge in [0.05, 0.1) is 23.4 Å². The quantitative estimate of drug-likeness (QED) is 0.795. The van der Waals surface area contributed by atoms with E-state index in [0.717, 1.165) is 0 Å². The first-order valence-electron chi connectivity index (χ1n) is 6.65. The van der Waals surface area contributed by atoms with E-state index in [0.29, 0.717) is 27.7 Å². The van der Waals surface area contributed by atoms with Crippen molar-refractivity contribution in [2.24, 2.45) is 0 Å². The zero-order valence-electron chi connectivity index (χ0n) is 12.1. The molecule has 1 N–H and O–H groups in total. The first kappa shape index (κ1) is 15.0. The summed E-state index contributed by atoms with van der Waals surface area (Å²) in [5.41, 5.74) is 1.61. The van der Waals surface area contributed by atoms with Crippen LogP contribution in [0.5, 0.6) is 5.75 Å². The van der Waals surface area contributed by atoms with Crippen LogP contribution in [-0.4, -0.2) is 33.2 Å². The Morgan fingerprint density at radius 2 is 2.00 bits per heavy atom. The van der Waals surface area contributed by atoms with Gasteiger partial charge in [-0.3, -0.25) is 4.79 Å². The highest BCUT2D eigenvalue weighted by atomic mass is 35.5. The Kier molecular flexibility index (Phi) is 4.20. The molecule has 0 atom stereocenters. The maximum Gasteiger partial charge on any atom is 0.257 e. The van der Waals surface area contributed by atoms with Crippen molar-refractivity contribution in [1.29, 1.82) is 0 Å². The number of nitrogens with one attached hydrogen (secondary N) is 1. The van der Waals surface area contributed by atoms with Gasteiger partial charge < -0.3 is 10.1 Å². The molecule has 1 amide bonds. The third-order valence-electron chi connectivity index (χ3n) is 3.16. The summed E-state index contributed by atoms with van der Waals surface area (Å²) in [4.78, 5) is 12.4. The molecule has 0 radical (unpaired) electrons. The van der Waals surface area contributed by atoms with Gasteiger partial charge in [0.2, 0.25) is 0 Å². The van der Waals surface area contributed by atoms with Gasteiger partial charge in [0.15, 0.2) is 0 Å². The molecule has 23 heavy (non-hydrogen) atoms. The second-order valence-electron chi connectivity index (χ2n) is 4.60. The van der Waals surface area contributed by atoms with Crippen molar-refractivity contribution >= 4 is 23.2 Å². The molecule has 0 saturated carbocycles. The predicted octanol–water partition coefficient (Wildman–Crippen LogP) is 2.58. The van der Waals surface area contributed by atoms with E-state index in [9.17, 15) is 4.79 Å². The smallest absolute Gasteiger partial charge is 0.257 e. The lowest BCUT2D eigenvalue weighted by atomic mass is 10.1. The minimum atomic E-state index is -0.324. The van der Waals surface area contributed by atoms with Crippen molar-refractivity contribution < 1.29 is 9.53 Å². The van der Waals surface area contributed by atoms with Crippen molar-refractivity contribution in [3.63, 3.8) is 0 Å². The van der Waals surface area contributed by atoms with Gasteiger partial charge in [0.25, 0.3) is 5.91 Å². The van der Waals surface area contributed by atoms with E-state index in [4.69, 9.17) is 16.3 Å². The van der Waals surface area contributed by atoms with Gasteiger partial charge >= 0.3 is 0 Å². The number of aromatic nitrogens is 4. The average molecular weight is 330 g/mol. The van der Waals surface area contributed by atoms with Gasteiger partial charge in [0.1, 0.15) is 12.1 Å². The van der Waals surface area contributed by atoms with E-state index in [-0.39, 0.29) is 5.91 Å². The summed E-state index contributed by atoms with van der Waals surface area (Å²) in [6, 6.07) is 12.0. The van der Waals surface area contributed by atoms with Gasteiger partial charge in [-0.25, -0.2) is 4.68 Å². The number of carbonyl (C=O) groups is 1. The summed E-state index contributed by atoms with van der Waals surface area (Å²) in [6.07, 6.45) is 1.44. The van der Waals surface area contributed by atoms with Crippen LogP contribution in [0.25, 0.3) is 5.69 Å². The van der Waals surface area contributed by atoms with Crippen LogP contribution < -0.4 is 10.1 Å². The number of amides is 1. The molecule has 0 spiro atoms. The van der Waals surface area contributed by atoms with Gasteiger partial charge in [-0.15, -0.1) is 5.10 Å². The van der Waals surface area contributed by atoms with Crippen LogP contribution in [0.15, 0.2) is 48.8 Å². The summed E-state index contributed by atoms with van der Waals surface area (Å²) in [7, 11) is 1.58. The van der Waals surface area contributed by atoms with Crippen LogP contribution in [0.4, 0.5) is 5.69 Å². The molecule has 3 rings (SSSR count). The number of halogens is 1. The van der Waals surface area contributed by atoms with Crippen LogP contribution in [0.3, 0.4) is 0 Å². The average Bonchev–Trinajstić information content (AvgIpc) is 3.10. The maximum absolute atomic E-state index is 12.4. The molecule has 8 heteroatoms. The lowest BCUT2D eigenvalue weighted by molar-refractivity contribution is 0.102. The number of hydrogen-bond acceptors (Lipinski definition) is 5. The summed E-state index contributed by atoms with van der Waals surface area (Å²) in [6.45, 7) is 0. The Bertz CT molecular complexity index is 818. The van der Waals surface area contributed by atoms with Crippen molar-refractivity contribution in [2.45, 2.75) is 0 Å². The van der Waals surface area contributed by atoms with Crippen LogP contribution in [0.1, 0.15) is 10.4 Å². The number of anilines is 1. The maximum atomic E-state index is 12.4. The highest BCUT2D eigenvalue weighted by molar-refractivity contribution is 6.34. The first-order valence-corrected chi connectivity index (χ1v) is 7.03. The highest BCUT2D eigenvalue weighted by Gasteiger charge is 2.13. The van der Waals surface area contributed by atoms with E-state index >= 15 is 0 Å². The molecule has 116 valence electrons. The fourth-order valence-electron chi connectivity index (χ4n) is 1.98. The number of methoxy groups -OCH3 is 1. The topological polar surface area (TPSA) is 81.9 Å². The Labute approximate surface area is 136 Å². The van der Waals surface area contributed by atoms with E-state index in [1.165, 1.54) is 11.0 Å². The summed E-state index contributed by atoms with van der Waals surface area (Å²) in [5.74, 6) is 0.386. The number of tetrazole rings is 1. The molecule has 1 aromatic heterocycles. The third kappa shape index (κ3) is 3.29. The molecule has 1 heterocycles. The van der Waals surface area contributed by atoms with Crippen molar-refractivity contribution in [2.75, 3.05) is 12.4 Å². The molecule has 0 fully saturated rings. The Hall–Kier alpha value is -2.93. The predicted molar refractivity (Wildman–Crippen MR) is 85.1 cm³/mol. The number of nitrogens with zero attached hydrogens (tertiary/aromatic N) is 4. The summed E-state index contributed by atoms with van der Waals surface area (Å²) in [5, 5.41) is 14.0. The Morgan fingerprint density at radius 1 is 1.22 bits per heavy atom. The van der Waals surface area contributed by atoms with Crippen LogP contribution in [-0.2, 0) is 0 Å². The van der Waals surface area contributed by atoms with Gasteiger partial charge in [-0.1, -0.05) is 11.6 Å². The molecule has 0 aliphatic rings. The minimum Gasteiger partial charge on any atom is -0.497 e. The third-order valence-corrected chi connectivity index (χ3v) is 3.49. The van der Waals surface area contributed by atoms with Gasteiger partial charge in [-0.05, 0) is 52.9 Å². The first-order chi connectivity index (χ1) is 11.2. The van der Waals surface area contributed by atoms with E-state index < -0.39 is 0 Å². The second-order valence-corrected chi connectivity index (χ2v) is 5.01. The van der Waals surface area contributed by atoms with Crippen molar-refractivity contribution in [3.05, 3.63) is 59.4 Å². The normalized spacial score (nSPS) is 10.3. The van der Waals surface area contributed by atoms with E-state index in [1.54, 1.807) is 49.6 Å². The second kappa shape index (κ2) is 6.45. The standard InChI is InChI=1S/C15H12ClN5O2/c1-23-12-5-2-10(3-6-12)18-15(22)13-8-11(4-7-14(13)16)21-9-17-19-20-21/h2-9H,1H3,(H,18,22). The monoisotopic (exact) mass is 329 g/mol. The van der Waals surface area contributed by atoms with E-state index in [1.807, 2.05) is 0 Å². The van der Waals surface area contributed by atoms with Crippen LogP contribution in [0.2, 0.25) is 5.02 Å². The van der Waals surface area contributed by atoms with Crippen molar-refractivity contribution in [1.82, 2.24) is 20.2 Å². The van der Waals surface area contributed by atoms with Crippen LogP contribution in [0, 0.1) is 0 Å². The van der Waals surface area contributed by atoms with Gasteiger partial charge in [0, 0.05) is 5.69 Å². The number of rotatable bonds is 4. The number of hydrogen-bond donors (Lipinski definition) is 1. The summed E-state index contributed by atoms with van der Waals surface area (Å²) < 4.78 is 6.52. The highest BCUT2D eigenvalue weighted by Crippen LogP contribution is 2.22. The Balaban J connectivity index is 1.85. The number of carbonyl (C=O) groups excluding carboxylic acids is 1. The number of benzene rings is 2. The zero-order valence-corrected chi connectivity index (χ0v) is 12.9. The summed E-state index contributed by atoms with van der Waals surface area (Å²) >= 11 is 6.12. The molecule has 0 bridgehead atoms. The van der Waals surface area contributed by atoms with Crippen molar-refractivity contribution in [3.8, 4) is 11.4 Å². The fourth-order valence-corrected chi connectivity index (χ4v) is 2.19. The Morgan fingerprint density at radius 3 is 2.65 bits per heavy atom. The lowest BCUT2D eigenvalue weighted by Crippen LogP contribution is -2.13. The minimum absolute atomic E-state index is 0.324. The molecular weight excluding hydrogens is 318 g/mol. The molecule has 2 aromatic carbocycles. The molecular formula is C15H12ClN5O2. The van der Waals surface area contributed by atoms with Crippen LogP contribution >= 0.6 is 11.6 Å². The van der Waals surface area contributed by atoms with Gasteiger partial charge in [-0.2, -0.15) is 0 Å². The van der Waals surface area contributed by atoms with E-state index in [2.05, 4.69) is 20.8 Å². The fraction of sp³-hybridized carbons (Fsp3) is 0.0667. The SMILES string of the molecule is COc1ccc(NC(=O)c2cc(-n3cnnn3)ccc2Cl)cc1. The molecule has 3 aromatic rings. The molecule has 0 aliphatic carbocycles. The number of ether oxygens (including phenoxy) is 1.